The van der Waals surface area contributed by atoms with E-state index in [2.05, 4.69) is 6.92 Å². The summed E-state index contributed by atoms with van der Waals surface area (Å²) in [5.41, 5.74) is 5.67. The summed E-state index contributed by atoms with van der Waals surface area (Å²) in [6.45, 7) is 3.28. The average Bonchev–Trinajstić information content (AvgIpc) is 2.66. The lowest BCUT2D eigenvalue weighted by atomic mass is 10.1. The molecule has 82 valence electrons. The maximum atomic E-state index is 11.4. The molecule has 2 atom stereocenters. The highest BCUT2D eigenvalue weighted by molar-refractivity contribution is 5.75. The second-order valence-electron chi connectivity index (χ2n) is 3.67. The molecule has 0 aromatic rings. The molecular formula is C10H19NO3. The predicted octanol–water partition coefficient (Wildman–Crippen LogP) is 0.836. The molecule has 0 spiro atoms. The van der Waals surface area contributed by atoms with Gasteiger partial charge >= 0.3 is 5.97 Å². The van der Waals surface area contributed by atoms with Crippen molar-refractivity contribution >= 4 is 5.97 Å². The molecule has 0 aromatic carbocycles. The minimum atomic E-state index is -0.462. The van der Waals surface area contributed by atoms with E-state index in [4.69, 9.17) is 15.2 Å². The molecule has 0 aliphatic carbocycles. The standard InChI is InChI=1S/C10H19NO3/c1-2-3-4-9(11)10(12)14-8-5-6-13-7-8/h8-9H,2-7,11H2,1H3. The molecule has 1 aliphatic rings. The van der Waals surface area contributed by atoms with Crippen molar-refractivity contribution in [3.8, 4) is 0 Å². The Morgan fingerprint density at radius 2 is 2.50 bits per heavy atom. The molecule has 2 N–H and O–H groups in total. The quantitative estimate of drug-likeness (QED) is 0.669. The van der Waals surface area contributed by atoms with E-state index < -0.39 is 6.04 Å². The van der Waals surface area contributed by atoms with Crippen LogP contribution in [-0.2, 0) is 14.3 Å². The lowest BCUT2D eigenvalue weighted by Gasteiger charge is -2.14. The van der Waals surface area contributed by atoms with Gasteiger partial charge in [0.05, 0.1) is 13.2 Å². The summed E-state index contributed by atoms with van der Waals surface area (Å²) in [7, 11) is 0. The zero-order valence-electron chi connectivity index (χ0n) is 8.70. The van der Waals surface area contributed by atoms with Crippen LogP contribution < -0.4 is 5.73 Å². The molecule has 4 nitrogen and oxygen atoms in total. The van der Waals surface area contributed by atoms with Gasteiger partial charge in [-0.15, -0.1) is 0 Å². The first-order chi connectivity index (χ1) is 6.74. The van der Waals surface area contributed by atoms with Crippen LogP contribution in [0.2, 0.25) is 0 Å². The van der Waals surface area contributed by atoms with Crippen molar-refractivity contribution in [1.29, 1.82) is 0 Å². The number of nitrogens with two attached hydrogens (primary N) is 1. The molecule has 1 aliphatic heterocycles. The maximum absolute atomic E-state index is 11.4. The average molecular weight is 201 g/mol. The predicted molar refractivity (Wildman–Crippen MR) is 52.8 cm³/mol. The van der Waals surface area contributed by atoms with Crippen LogP contribution in [0.3, 0.4) is 0 Å². The van der Waals surface area contributed by atoms with Gasteiger partial charge in [0, 0.05) is 6.42 Å². The van der Waals surface area contributed by atoms with Crippen LogP contribution in [0.1, 0.15) is 32.6 Å². The number of hydrogen-bond acceptors (Lipinski definition) is 4. The van der Waals surface area contributed by atoms with Gasteiger partial charge in [-0.3, -0.25) is 4.79 Å². The van der Waals surface area contributed by atoms with Gasteiger partial charge in [-0.2, -0.15) is 0 Å². The Balaban J connectivity index is 2.18. The summed E-state index contributed by atoms with van der Waals surface area (Å²) in [5, 5.41) is 0. The number of carbonyl (C=O) groups is 1. The molecule has 1 rings (SSSR count). The highest BCUT2D eigenvalue weighted by Gasteiger charge is 2.23. The first kappa shape index (κ1) is 11.5. The Labute approximate surface area is 84.7 Å². The first-order valence-electron chi connectivity index (χ1n) is 5.28. The smallest absolute Gasteiger partial charge is 0.323 e. The number of unbranched alkanes of at least 4 members (excludes halogenated alkanes) is 1. The van der Waals surface area contributed by atoms with Gasteiger partial charge in [0.1, 0.15) is 12.1 Å². The third-order valence-corrected chi connectivity index (χ3v) is 2.34. The third kappa shape index (κ3) is 3.64. The Morgan fingerprint density at radius 1 is 1.71 bits per heavy atom. The van der Waals surface area contributed by atoms with Gasteiger partial charge < -0.3 is 15.2 Å². The topological polar surface area (TPSA) is 61.6 Å². The highest BCUT2D eigenvalue weighted by atomic mass is 16.6. The summed E-state index contributed by atoms with van der Waals surface area (Å²) in [4.78, 5) is 11.4. The van der Waals surface area contributed by atoms with Crippen LogP contribution in [0.4, 0.5) is 0 Å². The Hall–Kier alpha value is -0.610. The van der Waals surface area contributed by atoms with Crippen LogP contribution >= 0.6 is 0 Å². The molecular weight excluding hydrogens is 182 g/mol. The van der Waals surface area contributed by atoms with Crippen LogP contribution in [0.15, 0.2) is 0 Å². The maximum Gasteiger partial charge on any atom is 0.323 e. The SMILES string of the molecule is CCCCC(N)C(=O)OC1CCOC1. The van der Waals surface area contributed by atoms with Gasteiger partial charge in [-0.1, -0.05) is 19.8 Å². The molecule has 0 aromatic heterocycles. The van der Waals surface area contributed by atoms with E-state index in [-0.39, 0.29) is 12.1 Å². The molecule has 1 saturated heterocycles. The van der Waals surface area contributed by atoms with E-state index in [1.165, 1.54) is 0 Å². The van der Waals surface area contributed by atoms with E-state index in [1.54, 1.807) is 0 Å². The van der Waals surface area contributed by atoms with Gasteiger partial charge in [-0.05, 0) is 6.42 Å². The highest BCUT2D eigenvalue weighted by Crippen LogP contribution is 2.10. The molecule has 1 fully saturated rings. The molecule has 14 heavy (non-hydrogen) atoms. The summed E-state index contributed by atoms with van der Waals surface area (Å²) < 4.78 is 10.3. The Kier molecular flexibility index (Phi) is 4.90. The third-order valence-electron chi connectivity index (χ3n) is 2.34. The minimum absolute atomic E-state index is 0.0739. The van der Waals surface area contributed by atoms with Crippen LogP contribution in [-0.4, -0.2) is 31.3 Å². The fraction of sp³-hybridized carbons (Fsp3) is 0.900. The molecule has 0 saturated carbocycles. The molecule has 0 amide bonds. The lowest BCUT2D eigenvalue weighted by Crippen LogP contribution is -2.35. The monoisotopic (exact) mass is 201 g/mol. The molecule has 4 heteroatoms. The fourth-order valence-electron chi connectivity index (χ4n) is 1.40. The molecule has 1 heterocycles. The normalized spacial score (nSPS) is 23.4. The van der Waals surface area contributed by atoms with Crippen molar-refractivity contribution in [2.75, 3.05) is 13.2 Å². The second kappa shape index (κ2) is 5.98. The van der Waals surface area contributed by atoms with Gasteiger partial charge in [0.25, 0.3) is 0 Å². The zero-order chi connectivity index (χ0) is 10.4. The number of rotatable bonds is 5. The summed E-state index contributed by atoms with van der Waals surface area (Å²) in [5.74, 6) is -0.283. The second-order valence-corrected chi connectivity index (χ2v) is 3.67. The number of ether oxygens (including phenoxy) is 2. The van der Waals surface area contributed by atoms with Gasteiger partial charge in [-0.25, -0.2) is 0 Å². The number of hydrogen-bond donors (Lipinski definition) is 1. The van der Waals surface area contributed by atoms with Crippen molar-refractivity contribution in [2.45, 2.75) is 44.8 Å². The van der Waals surface area contributed by atoms with Crippen LogP contribution in [0, 0.1) is 0 Å². The van der Waals surface area contributed by atoms with Crippen molar-refractivity contribution in [3.05, 3.63) is 0 Å². The Bertz CT molecular complexity index is 178. The van der Waals surface area contributed by atoms with Crippen molar-refractivity contribution in [3.63, 3.8) is 0 Å². The summed E-state index contributed by atoms with van der Waals surface area (Å²) in [6.07, 6.45) is 3.45. The largest absolute Gasteiger partial charge is 0.459 e. The van der Waals surface area contributed by atoms with Crippen LogP contribution in [0.25, 0.3) is 0 Å². The first-order valence-corrected chi connectivity index (χ1v) is 5.28. The number of esters is 1. The zero-order valence-corrected chi connectivity index (χ0v) is 8.70. The van der Waals surface area contributed by atoms with Crippen molar-refractivity contribution in [2.24, 2.45) is 5.73 Å². The number of carbonyl (C=O) groups excluding carboxylic acids is 1. The van der Waals surface area contributed by atoms with Gasteiger partial charge in [0.15, 0.2) is 0 Å². The minimum Gasteiger partial charge on any atom is -0.459 e. The van der Waals surface area contributed by atoms with Crippen molar-refractivity contribution < 1.29 is 14.3 Å². The van der Waals surface area contributed by atoms with E-state index >= 15 is 0 Å². The van der Waals surface area contributed by atoms with Gasteiger partial charge in [0.2, 0.25) is 0 Å². The molecule has 0 radical (unpaired) electrons. The van der Waals surface area contributed by atoms with Crippen molar-refractivity contribution in [1.82, 2.24) is 0 Å². The summed E-state index contributed by atoms with van der Waals surface area (Å²) in [6, 6.07) is -0.462. The fourth-order valence-corrected chi connectivity index (χ4v) is 1.40. The van der Waals surface area contributed by atoms with Crippen LogP contribution in [0.5, 0.6) is 0 Å². The lowest BCUT2D eigenvalue weighted by molar-refractivity contribution is -0.150. The van der Waals surface area contributed by atoms with E-state index in [9.17, 15) is 4.79 Å². The van der Waals surface area contributed by atoms with E-state index in [0.29, 0.717) is 19.6 Å². The summed E-state index contributed by atoms with van der Waals surface area (Å²) >= 11 is 0. The molecule has 2 unspecified atom stereocenters. The molecule has 0 bridgehead atoms. The van der Waals surface area contributed by atoms with E-state index in [0.717, 1.165) is 19.3 Å². The Morgan fingerprint density at radius 3 is 3.07 bits per heavy atom. The van der Waals surface area contributed by atoms with E-state index in [1.807, 2.05) is 0 Å².